The molecule has 3 heteroatoms. The summed E-state index contributed by atoms with van der Waals surface area (Å²) in [7, 11) is 0. The summed E-state index contributed by atoms with van der Waals surface area (Å²) in [5.41, 5.74) is 12.7. The molecule has 50 heavy (non-hydrogen) atoms. The van der Waals surface area contributed by atoms with E-state index in [1.807, 2.05) is 0 Å². The van der Waals surface area contributed by atoms with Crippen LogP contribution in [-0.2, 0) is 35.8 Å². The van der Waals surface area contributed by atoms with Crippen LogP contribution >= 0.6 is 0 Å². The summed E-state index contributed by atoms with van der Waals surface area (Å²) in [6.45, 7) is 13.5. The quantitative estimate of drug-likeness (QED) is 0.0380. The molecule has 3 aromatic carbocycles. The van der Waals surface area contributed by atoms with Crippen molar-refractivity contribution in [2.75, 3.05) is 0 Å². The van der Waals surface area contributed by atoms with E-state index >= 15 is 0 Å². The Labute approximate surface area is 319 Å². The van der Waals surface area contributed by atoms with Gasteiger partial charge in [0.25, 0.3) is 0 Å². The molecule has 0 N–H and O–H groups in total. The number of unbranched alkanes of at least 4 members (excludes halogenated alkanes) is 13. The predicted octanol–water partition coefficient (Wildman–Crippen LogP) is 15.0. The van der Waals surface area contributed by atoms with Gasteiger partial charge in [-0.1, -0.05) is 148 Å². The fraction of sp³-hybridized carbons (Fsp3) is 0.553. The standard InChI is InChI=1S/C46H68N2.CH3.Ni.H/c1-7-11-14-17-19-23-27-39-32-33-43(35-42(39)31-22-16-13-9-3)48-46(10-4)38(6)47-44-34-41(30-24-20-18-15-12-8-2)37(5)45(36-44)40-28-25-21-26-29-40;;;/h21,25-26,28-29,32-36H,7-20,22-24,27,30-31H2,1-6H3;1H3;;/q;-1;;. The van der Waals surface area contributed by atoms with Crippen molar-refractivity contribution in [1.29, 1.82) is 0 Å². The maximum atomic E-state index is 5.25. The molecule has 0 spiro atoms. The van der Waals surface area contributed by atoms with Crippen molar-refractivity contribution in [3.05, 3.63) is 90.3 Å². The summed E-state index contributed by atoms with van der Waals surface area (Å²) in [5.74, 6) is 0. The molecule has 3 aromatic rings. The van der Waals surface area contributed by atoms with Crippen molar-refractivity contribution < 1.29 is 16.5 Å². The second-order valence-electron chi connectivity index (χ2n) is 14.1. The molecule has 0 saturated carbocycles. The molecule has 0 aliphatic heterocycles. The van der Waals surface area contributed by atoms with Crippen LogP contribution in [0.4, 0.5) is 11.4 Å². The van der Waals surface area contributed by atoms with Gasteiger partial charge < -0.3 is 7.43 Å². The van der Waals surface area contributed by atoms with Crippen molar-refractivity contribution in [2.24, 2.45) is 9.98 Å². The average Bonchev–Trinajstić information content (AvgIpc) is 3.10. The van der Waals surface area contributed by atoms with E-state index in [0.717, 1.165) is 42.1 Å². The molecule has 0 amide bonds. The Bertz CT molecular complexity index is 1390. The first-order valence-corrected chi connectivity index (χ1v) is 19.9. The van der Waals surface area contributed by atoms with Crippen molar-refractivity contribution >= 4 is 22.8 Å². The van der Waals surface area contributed by atoms with Crippen molar-refractivity contribution in [1.82, 2.24) is 0 Å². The van der Waals surface area contributed by atoms with E-state index in [0.29, 0.717) is 0 Å². The Balaban J connectivity index is 0.00000625. The van der Waals surface area contributed by atoms with E-state index in [9.17, 15) is 0 Å². The van der Waals surface area contributed by atoms with Crippen LogP contribution < -0.4 is 0 Å². The molecule has 0 aliphatic rings. The van der Waals surface area contributed by atoms with Gasteiger partial charge in [-0.3, -0.25) is 9.98 Å². The van der Waals surface area contributed by atoms with E-state index in [-0.39, 0.29) is 23.9 Å². The zero-order chi connectivity index (χ0) is 34.4. The Morgan fingerprint density at radius 3 is 1.60 bits per heavy atom. The zero-order valence-corrected chi connectivity index (χ0v) is 34.2. The van der Waals surface area contributed by atoms with Crippen molar-refractivity contribution in [3.63, 3.8) is 0 Å². The minimum atomic E-state index is 0. The van der Waals surface area contributed by atoms with Crippen LogP contribution in [0.15, 0.2) is 70.6 Å². The first-order valence-electron chi connectivity index (χ1n) is 19.9. The third-order valence-corrected chi connectivity index (χ3v) is 9.99. The Morgan fingerprint density at radius 1 is 0.520 bits per heavy atom. The molecule has 0 heterocycles. The average molecular weight is 724 g/mol. The molecule has 0 aromatic heterocycles. The third-order valence-electron chi connectivity index (χ3n) is 9.99. The van der Waals surface area contributed by atoms with Crippen LogP contribution in [0.1, 0.15) is 166 Å². The Hall–Kier alpha value is -2.51. The monoisotopic (exact) mass is 723 g/mol. The number of hydrogen-bond donors (Lipinski definition) is 0. The number of hydrogen-bond acceptors (Lipinski definition) is 2. The SMILES string of the molecule is CCCCCCCCc1ccc(N=C(CC)C(C)=Nc2cc(CCCCCCCC)c(C)c(-c3ccccc3)c2)cc1CCCCCC.[CH3-].[NiH]. The molecule has 281 valence electrons. The summed E-state index contributed by atoms with van der Waals surface area (Å²) in [6, 6.07) is 22.5. The third kappa shape index (κ3) is 16.2. The van der Waals surface area contributed by atoms with Gasteiger partial charge in [-0.25, -0.2) is 0 Å². The van der Waals surface area contributed by atoms with E-state index in [2.05, 4.69) is 102 Å². The Morgan fingerprint density at radius 2 is 1.02 bits per heavy atom. The second-order valence-corrected chi connectivity index (χ2v) is 14.1. The van der Waals surface area contributed by atoms with Gasteiger partial charge in [0.2, 0.25) is 0 Å². The van der Waals surface area contributed by atoms with Crippen molar-refractivity contribution in [3.8, 4) is 11.1 Å². The van der Waals surface area contributed by atoms with E-state index in [1.54, 1.807) is 0 Å². The number of benzene rings is 3. The number of aliphatic imine (C=N–C) groups is 2. The van der Waals surface area contributed by atoms with Gasteiger partial charge in [0.15, 0.2) is 0 Å². The van der Waals surface area contributed by atoms with Gasteiger partial charge in [0, 0.05) is 0 Å². The summed E-state index contributed by atoms with van der Waals surface area (Å²) in [4.78, 5) is 10.5. The van der Waals surface area contributed by atoms with Gasteiger partial charge in [0.1, 0.15) is 0 Å². The summed E-state index contributed by atoms with van der Waals surface area (Å²) >= 11 is 0. The van der Waals surface area contributed by atoms with Gasteiger partial charge in [-0.2, -0.15) is 0 Å². The minimum absolute atomic E-state index is 0. The molecular formula is C47H72N2Ni-. The number of aryl methyl sites for hydroxylation is 3. The van der Waals surface area contributed by atoms with Crippen LogP contribution in [0.5, 0.6) is 0 Å². The molecule has 0 atom stereocenters. The van der Waals surface area contributed by atoms with E-state index in [1.165, 1.54) is 143 Å². The van der Waals surface area contributed by atoms with Gasteiger partial charge in [-0.15, -0.1) is 0 Å². The van der Waals surface area contributed by atoms with Crippen molar-refractivity contribution in [2.45, 2.75) is 170 Å². The maximum absolute atomic E-state index is 5.25. The topological polar surface area (TPSA) is 24.7 Å². The predicted molar refractivity (Wildman–Crippen MR) is 223 cm³/mol. The molecule has 0 fully saturated rings. The summed E-state index contributed by atoms with van der Waals surface area (Å²) in [6.07, 6.45) is 25.5. The van der Waals surface area contributed by atoms with E-state index in [4.69, 9.17) is 9.98 Å². The number of nitrogens with zero attached hydrogens (tertiary/aromatic N) is 2. The van der Waals surface area contributed by atoms with Crippen LogP contribution in [0, 0.1) is 14.4 Å². The molecule has 0 unspecified atom stereocenters. The molecule has 0 saturated heterocycles. The summed E-state index contributed by atoms with van der Waals surface area (Å²) < 4.78 is 0. The molecule has 0 bridgehead atoms. The molecular weight excluding hydrogens is 651 g/mol. The van der Waals surface area contributed by atoms with Crippen LogP contribution in [0.3, 0.4) is 0 Å². The fourth-order valence-corrected chi connectivity index (χ4v) is 6.92. The molecule has 3 rings (SSSR count). The Kier molecular flexibility index (Phi) is 24.7. The molecule has 0 radical (unpaired) electrons. The molecule has 2 nitrogen and oxygen atoms in total. The zero-order valence-electron chi connectivity index (χ0n) is 33.1. The van der Waals surface area contributed by atoms with Gasteiger partial charge in [-0.05, 0) is 116 Å². The first kappa shape index (κ1) is 45.5. The van der Waals surface area contributed by atoms with Gasteiger partial charge in [0.05, 0.1) is 22.8 Å². The second kappa shape index (κ2) is 27.2. The van der Waals surface area contributed by atoms with E-state index < -0.39 is 0 Å². The van der Waals surface area contributed by atoms with Gasteiger partial charge >= 0.3 is 16.5 Å². The fourth-order valence-electron chi connectivity index (χ4n) is 6.92. The normalized spacial score (nSPS) is 11.7. The molecule has 0 aliphatic carbocycles. The van der Waals surface area contributed by atoms with Crippen LogP contribution in [-0.4, -0.2) is 11.4 Å². The van der Waals surface area contributed by atoms with Crippen LogP contribution in [0.25, 0.3) is 11.1 Å². The van der Waals surface area contributed by atoms with Crippen LogP contribution in [0.2, 0.25) is 0 Å². The number of rotatable bonds is 24. The first-order chi connectivity index (χ1) is 23.5. The summed E-state index contributed by atoms with van der Waals surface area (Å²) in [5, 5.41) is 0.